The Kier molecular flexibility index (Phi) is 6.53. The molecule has 1 rings (SSSR count). The van der Waals surface area contributed by atoms with E-state index in [-0.39, 0.29) is 18.0 Å². The highest BCUT2D eigenvalue weighted by Crippen LogP contribution is 2.18. The Morgan fingerprint density at radius 1 is 1.05 bits per heavy atom. The van der Waals surface area contributed by atoms with Crippen molar-refractivity contribution < 1.29 is 9.47 Å². The molecule has 2 heteroatoms. The van der Waals surface area contributed by atoms with E-state index in [1.807, 2.05) is 0 Å². The highest BCUT2D eigenvalue weighted by atomic mass is 16.7. The van der Waals surface area contributed by atoms with Crippen LogP contribution in [0.15, 0.2) is 30.3 Å². The summed E-state index contributed by atoms with van der Waals surface area (Å²) >= 11 is 0. The van der Waals surface area contributed by atoms with Gasteiger partial charge in [0.05, 0.1) is 11.7 Å². The van der Waals surface area contributed by atoms with Crippen molar-refractivity contribution in [1.29, 1.82) is 0 Å². The summed E-state index contributed by atoms with van der Waals surface area (Å²) in [6, 6.07) is 10.6. The molecule has 0 saturated heterocycles. The summed E-state index contributed by atoms with van der Waals surface area (Å²) in [5.74, 6) is 0. The van der Waals surface area contributed by atoms with Crippen molar-refractivity contribution in [2.75, 3.05) is 0 Å². The van der Waals surface area contributed by atoms with Gasteiger partial charge in [-0.05, 0) is 59.4 Å². The second kappa shape index (κ2) is 7.66. The van der Waals surface area contributed by atoms with Crippen LogP contribution in [0.1, 0.15) is 53.0 Å². The van der Waals surface area contributed by atoms with Gasteiger partial charge in [-0.2, -0.15) is 0 Å². The number of benzene rings is 1. The average molecular weight is 264 g/mol. The zero-order valence-electron chi connectivity index (χ0n) is 13.0. The van der Waals surface area contributed by atoms with Crippen molar-refractivity contribution in [3.8, 4) is 0 Å². The van der Waals surface area contributed by atoms with Gasteiger partial charge in [-0.25, -0.2) is 0 Å². The molecule has 0 bridgehead atoms. The second-order valence-corrected chi connectivity index (χ2v) is 6.22. The minimum atomic E-state index is -0.160. The molecular formula is C17H28O2. The fourth-order valence-electron chi connectivity index (χ4n) is 1.97. The number of aryl methyl sites for hydroxylation is 1. The molecule has 0 aromatic heterocycles. The van der Waals surface area contributed by atoms with Gasteiger partial charge >= 0.3 is 0 Å². The van der Waals surface area contributed by atoms with Gasteiger partial charge in [0.25, 0.3) is 0 Å². The molecule has 1 atom stereocenters. The molecule has 0 aliphatic rings. The number of hydrogen-bond acceptors (Lipinski definition) is 2. The minimum absolute atomic E-state index is 0.108. The van der Waals surface area contributed by atoms with Crippen LogP contribution in [0.5, 0.6) is 0 Å². The van der Waals surface area contributed by atoms with Crippen LogP contribution in [0.4, 0.5) is 0 Å². The third-order valence-electron chi connectivity index (χ3n) is 2.66. The van der Waals surface area contributed by atoms with Gasteiger partial charge in [0.1, 0.15) is 0 Å². The molecule has 108 valence electrons. The predicted molar refractivity (Wildman–Crippen MR) is 80.2 cm³/mol. The summed E-state index contributed by atoms with van der Waals surface area (Å²) in [6.45, 7) is 10.3. The van der Waals surface area contributed by atoms with Crippen LogP contribution < -0.4 is 0 Å². The van der Waals surface area contributed by atoms with Gasteiger partial charge in [0.2, 0.25) is 0 Å². The maximum absolute atomic E-state index is 5.96. The van der Waals surface area contributed by atoms with E-state index >= 15 is 0 Å². The van der Waals surface area contributed by atoms with Gasteiger partial charge in [0, 0.05) is 0 Å². The van der Waals surface area contributed by atoms with E-state index in [2.05, 4.69) is 65.0 Å². The Hall–Kier alpha value is -0.860. The maximum Gasteiger partial charge on any atom is 0.158 e. The first-order chi connectivity index (χ1) is 8.87. The standard InChI is InChI=1S/C17H28O2/c1-14(2)18-16(19-17(3,4)5)13-9-12-15-10-7-6-8-11-15/h6-8,10-11,14,16H,9,12-13H2,1-5H3. The van der Waals surface area contributed by atoms with E-state index in [0.717, 1.165) is 19.3 Å². The van der Waals surface area contributed by atoms with Crippen LogP contribution in [0.25, 0.3) is 0 Å². The summed E-state index contributed by atoms with van der Waals surface area (Å²) in [5, 5.41) is 0. The monoisotopic (exact) mass is 264 g/mol. The van der Waals surface area contributed by atoms with Crippen LogP contribution in [0, 0.1) is 0 Å². The van der Waals surface area contributed by atoms with E-state index in [4.69, 9.17) is 9.47 Å². The first-order valence-electron chi connectivity index (χ1n) is 7.24. The SMILES string of the molecule is CC(C)OC(CCCc1ccccc1)OC(C)(C)C. The molecule has 0 heterocycles. The van der Waals surface area contributed by atoms with Crippen molar-refractivity contribution in [2.45, 2.75) is 71.9 Å². The molecule has 0 spiro atoms. The van der Waals surface area contributed by atoms with Gasteiger partial charge in [-0.3, -0.25) is 0 Å². The van der Waals surface area contributed by atoms with Crippen LogP contribution in [-0.4, -0.2) is 18.0 Å². The van der Waals surface area contributed by atoms with Crippen molar-refractivity contribution >= 4 is 0 Å². The minimum Gasteiger partial charge on any atom is -0.350 e. The lowest BCUT2D eigenvalue weighted by Crippen LogP contribution is -2.31. The number of ether oxygens (including phenoxy) is 2. The zero-order valence-corrected chi connectivity index (χ0v) is 13.0. The normalized spacial score (nSPS) is 13.8. The lowest BCUT2D eigenvalue weighted by molar-refractivity contribution is -0.212. The fraction of sp³-hybridized carbons (Fsp3) is 0.647. The zero-order chi connectivity index (χ0) is 14.3. The lowest BCUT2D eigenvalue weighted by atomic mass is 10.1. The number of rotatable bonds is 7. The molecule has 1 aromatic rings. The highest BCUT2D eigenvalue weighted by molar-refractivity contribution is 5.14. The quantitative estimate of drug-likeness (QED) is 0.671. The predicted octanol–water partition coefficient (Wildman–Crippen LogP) is 4.58. The Morgan fingerprint density at radius 2 is 1.68 bits per heavy atom. The summed E-state index contributed by atoms with van der Waals surface area (Å²) in [4.78, 5) is 0. The first-order valence-corrected chi connectivity index (χ1v) is 7.24. The average Bonchev–Trinajstić information content (AvgIpc) is 2.27. The molecule has 0 fully saturated rings. The largest absolute Gasteiger partial charge is 0.350 e. The van der Waals surface area contributed by atoms with Gasteiger partial charge in [0.15, 0.2) is 6.29 Å². The van der Waals surface area contributed by atoms with E-state index in [1.54, 1.807) is 0 Å². The smallest absolute Gasteiger partial charge is 0.158 e. The molecule has 0 N–H and O–H groups in total. The Morgan fingerprint density at radius 3 is 2.21 bits per heavy atom. The van der Waals surface area contributed by atoms with Gasteiger partial charge < -0.3 is 9.47 Å². The summed E-state index contributed by atoms with van der Waals surface area (Å²) < 4.78 is 11.8. The first kappa shape index (κ1) is 16.2. The van der Waals surface area contributed by atoms with Crippen LogP contribution in [0.2, 0.25) is 0 Å². The summed E-state index contributed by atoms with van der Waals surface area (Å²) in [7, 11) is 0. The van der Waals surface area contributed by atoms with E-state index in [9.17, 15) is 0 Å². The molecule has 0 amide bonds. The van der Waals surface area contributed by atoms with E-state index in [1.165, 1.54) is 5.56 Å². The van der Waals surface area contributed by atoms with Crippen LogP contribution >= 0.6 is 0 Å². The Balaban J connectivity index is 2.40. The molecule has 0 saturated carbocycles. The second-order valence-electron chi connectivity index (χ2n) is 6.22. The van der Waals surface area contributed by atoms with E-state index in [0.29, 0.717) is 0 Å². The van der Waals surface area contributed by atoms with Gasteiger partial charge in [-0.15, -0.1) is 0 Å². The molecule has 2 nitrogen and oxygen atoms in total. The van der Waals surface area contributed by atoms with Crippen LogP contribution in [-0.2, 0) is 15.9 Å². The van der Waals surface area contributed by atoms with Crippen molar-refractivity contribution in [2.24, 2.45) is 0 Å². The molecule has 0 aliphatic carbocycles. The third kappa shape index (κ3) is 8.02. The van der Waals surface area contributed by atoms with E-state index < -0.39 is 0 Å². The maximum atomic E-state index is 5.96. The van der Waals surface area contributed by atoms with Crippen molar-refractivity contribution in [3.05, 3.63) is 35.9 Å². The summed E-state index contributed by atoms with van der Waals surface area (Å²) in [6.07, 6.45) is 3.18. The third-order valence-corrected chi connectivity index (χ3v) is 2.66. The van der Waals surface area contributed by atoms with Crippen molar-refractivity contribution in [1.82, 2.24) is 0 Å². The lowest BCUT2D eigenvalue weighted by Gasteiger charge is -2.29. The molecular weight excluding hydrogens is 236 g/mol. The molecule has 19 heavy (non-hydrogen) atoms. The Bertz CT molecular complexity index is 338. The Labute approximate surface area is 118 Å². The van der Waals surface area contributed by atoms with Crippen LogP contribution in [0.3, 0.4) is 0 Å². The molecule has 1 unspecified atom stereocenters. The fourth-order valence-corrected chi connectivity index (χ4v) is 1.97. The molecule has 1 aromatic carbocycles. The topological polar surface area (TPSA) is 18.5 Å². The van der Waals surface area contributed by atoms with Crippen molar-refractivity contribution in [3.63, 3.8) is 0 Å². The highest BCUT2D eigenvalue weighted by Gasteiger charge is 2.19. The number of hydrogen-bond donors (Lipinski definition) is 0. The molecule has 0 radical (unpaired) electrons. The van der Waals surface area contributed by atoms with Gasteiger partial charge in [-0.1, -0.05) is 30.3 Å². The summed E-state index contributed by atoms with van der Waals surface area (Å²) in [5.41, 5.74) is 1.22. The molecule has 0 aliphatic heterocycles.